The zero-order valence-corrected chi connectivity index (χ0v) is 18.5. The van der Waals surface area contributed by atoms with Gasteiger partial charge in [-0.3, -0.25) is 15.0 Å². The first-order valence-electron chi connectivity index (χ1n) is 9.51. The van der Waals surface area contributed by atoms with Gasteiger partial charge in [0.05, 0.1) is 0 Å². The second-order valence-corrected chi connectivity index (χ2v) is 8.81. The maximum Gasteiger partial charge on any atom is 0.353 e. The van der Waals surface area contributed by atoms with Gasteiger partial charge in [-0.25, -0.2) is 9.18 Å². The Kier molecular flexibility index (Phi) is 7.87. The van der Waals surface area contributed by atoms with Crippen LogP contribution in [0.15, 0.2) is 43.0 Å². The molecule has 10 heteroatoms. The van der Waals surface area contributed by atoms with Crippen LogP contribution in [-0.4, -0.2) is 46.8 Å². The summed E-state index contributed by atoms with van der Waals surface area (Å²) in [4.78, 5) is 38.4. The Morgan fingerprint density at radius 3 is 2.56 bits per heavy atom. The minimum Gasteiger partial charge on any atom is -0.480 e. The van der Waals surface area contributed by atoms with Gasteiger partial charge in [0.2, 0.25) is 5.91 Å². The summed E-state index contributed by atoms with van der Waals surface area (Å²) in [6.07, 6.45) is 1.72. The Morgan fingerprint density at radius 2 is 2.00 bits per heavy atom. The van der Waals surface area contributed by atoms with Crippen LogP contribution in [0.1, 0.15) is 34.0 Å². The Balaban J connectivity index is 2.11. The number of amidine groups is 1. The van der Waals surface area contributed by atoms with Crippen molar-refractivity contribution in [2.75, 3.05) is 13.1 Å². The number of esters is 1. The number of nitrogen functional groups attached to an aromatic ring is 1. The zero-order chi connectivity index (χ0) is 24.1. The number of halogens is 1. The van der Waals surface area contributed by atoms with E-state index < -0.39 is 29.7 Å². The first-order chi connectivity index (χ1) is 14.9. The molecule has 32 heavy (non-hydrogen) atoms. The van der Waals surface area contributed by atoms with Gasteiger partial charge in [0.25, 0.3) is 0 Å². The van der Waals surface area contributed by atoms with Crippen molar-refractivity contribution >= 4 is 35.0 Å². The minimum absolute atomic E-state index is 0.102. The van der Waals surface area contributed by atoms with E-state index in [-0.39, 0.29) is 40.9 Å². The van der Waals surface area contributed by atoms with Gasteiger partial charge < -0.3 is 20.5 Å². The highest BCUT2D eigenvalue weighted by molar-refractivity contribution is 7.14. The van der Waals surface area contributed by atoms with Crippen molar-refractivity contribution in [2.45, 2.75) is 20.3 Å². The number of nitrogens with one attached hydrogen (secondary N) is 1. The van der Waals surface area contributed by atoms with E-state index in [1.807, 2.05) is 0 Å². The lowest BCUT2D eigenvalue weighted by atomic mass is 9.87. The second-order valence-electron chi connectivity index (χ2n) is 7.64. The summed E-state index contributed by atoms with van der Waals surface area (Å²) in [7, 11) is 0. The Labute approximate surface area is 188 Å². The number of aliphatic carboxylic acids is 1. The molecular weight excluding hydrogens is 437 g/mol. The summed E-state index contributed by atoms with van der Waals surface area (Å²) in [5.74, 6) is -3.67. The van der Waals surface area contributed by atoms with E-state index >= 15 is 0 Å². The van der Waals surface area contributed by atoms with Crippen molar-refractivity contribution in [3.8, 4) is 5.75 Å². The van der Waals surface area contributed by atoms with E-state index in [0.29, 0.717) is 4.88 Å². The second kappa shape index (κ2) is 10.2. The number of ether oxygens (including phenoxy) is 1. The molecule has 0 saturated carbocycles. The molecule has 0 bridgehead atoms. The molecule has 0 radical (unpaired) electrons. The summed E-state index contributed by atoms with van der Waals surface area (Å²) in [6, 6.07) is 6.78. The molecular formula is C22H24FN3O5S. The summed E-state index contributed by atoms with van der Waals surface area (Å²) >= 11 is 1.10. The number of carboxylic acid groups (broad SMARTS) is 1. The van der Waals surface area contributed by atoms with E-state index in [1.54, 1.807) is 19.9 Å². The summed E-state index contributed by atoms with van der Waals surface area (Å²) in [6.45, 7) is 6.60. The first-order valence-corrected chi connectivity index (χ1v) is 10.3. The molecule has 0 aliphatic rings. The fourth-order valence-electron chi connectivity index (χ4n) is 2.96. The van der Waals surface area contributed by atoms with Gasteiger partial charge in [-0.05, 0) is 36.8 Å². The van der Waals surface area contributed by atoms with E-state index in [2.05, 4.69) is 6.58 Å². The predicted molar refractivity (Wildman–Crippen MR) is 119 cm³/mol. The molecule has 4 N–H and O–H groups in total. The standard InChI is InChI=1S/C22H24FN3O5S/c1-4-9-26(12-18(27)28)21(30)22(2,3)11-14-6-8-17(32-14)20(29)31-16-7-5-13(19(24)25)10-15(16)23/h4-8,10H,1,9,11-12H2,2-3H3,(H3,24,25)(H,27,28). The third-order valence-corrected chi connectivity index (χ3v) is 5.53. The fraction of sp³-hybridized carbons (Fsp3) is 0.273. The van der Waals surface area contributed by atoms with Crippen molar-refractivity contribution in [1.82, 2.24) is 4.90 Å². The van der Waals surface area contributed by atoms with Crippen molar-refractivity contribution in [1.29, 1.82) is 5.41 Å². The number of nitrogens with two attached hydrogens (primary N) is 1. The quantitative estimate of drug-likeness (QED) is 0.164. The number of carbonyl (C=O) groups excluding carboxylic acids is 2. The van der Waals surface area contributed by atoms with E-state index in [1.165, 1.54) is 29.2 Å². The molecule has 0 saturated heterocycles. The van der Waals surface area contributed by atoms with Crippen LogP contribution in [0.25, 0.3) is 0 Å². The largest absolute Gasteiger partial charge is 0.480 e. The third kappa shape index (κ3) is 6.24. The predicted octanol–water partition coefficient (Wildman–Crippen LogP) is 3.06. The molecule has 0 unspecified atom stereocenters. The average molecular weight is 462 g/mol. The van der Waals surface area contributed by atoms with Gasteiger partial charge in [-0.1, -0.05) is 19.9 Å². The van der Waals surface area contributed by atoms with E-state index in [9.17, 15) is 18.8 Å². The number of thiophene rings is 1. The molecule has 1 aromatic carbocycles. The number of benzene rings is 1. The van der Waals surface area contributed by atoms with Crippen LogP contribution in [0.3, 0.4) is 0 Å². The van der Waals surface area contributed by atoms with Crippen LogP contribution in [0.2, 0.25) is 0 Å². The summed E-state index contributed by atoms with van der Waals surface area (Å²) < 4.78 is 19.2. The minimum atomic E-state index is -1.12. The van der Waals surface area contributed by atoms with Crippen LogP contribution >= 0.6 is 11.3 Å². The first kappa shape index (κ1) is 24.7. The molecule has 0 atom stereocenters. The van der Waals surface area contributed by atoms with E-state index in [4.69, 9.17) is 21.0 Å². The van der Waals surface area contributed by atoms with Crippen molar-refractivity contribution in [3.63, 3.8) is 0 Å². The molecule has 2 aromatic rings. The van der Waals surface area contributed by atoms with Crippen LogP contribution in [0.4, 0.5) is 4.39 Å². The van der Waals surface area contributed by atoms with Crippen molar-refractivity contribution in [2.24, 2.45) is 11.1 Å². The molecule has 1 amide bonds. The molecule has 0 spiro atoms. The van der Waals surface area contributed by atoms with Crippen LogP contribution in [0, 0.1) is 16.6 Å². The summed E-state index contributed by atoms with van der Waals surface area (Å²) in [5.41, 5.74) is 4.54. The van der Waals surface area contributed by atoms with Gasteiger partial charge in [0.15, 0.2) is 11.6 Å². The monoisotopic (exact) mass is 461 g/mol. The Morgan fingerprint density at radius 1 is 1.31 bits per heavy atom. The zero-order valence-electron chi connectivity index (χ0n) is 17.7. The number of hydrogen-bond acceptors (Lipinski definition) is 6. The highest BCUT2D eigenvalue weighted by Crippen LogP contribution is 2.30. The average Bonchev–Trinajstić information content (AvgIpc) is 3.16. The number of amides is 1. The summed E-state index contributed by atoms with van der Waals surface area (Å²) in [5, 5.41) is 16.4. The van der Waals surface area contributed by atoms with Crippen LogP contribution in [0.5, 0.6) is 5.75 Å². The van der Waals surface area contributed by atoms with E-state index in [0.717, 1.165) is 17.4 Å². The van der Waals surface area contributed by atoms with Gasteiger partial charge in [-0.15, -0.1) is 17.9 Å². The Bertz CT molecular complexity index is 1060. The van der Waals surface area contributed by atoms with Gasteiger partial charge >= 0.3 is 11.9 Å². The SMILES string of the molecule is C=CCN(CC(=O)O)C(=O)C(C)(C)Cc1ccc(C(=O)Oc2ccc(C(=N)N)cc2F)s1. The van der Waals surface area contributed by atoms with Crippen molar-refractivity contribution in [3.05, 3.63) is 64.1 Å². The number of hydrogen-bond donors (Lipinski definition) is 3. The molecule has 2 rings (SSSR count). The van der Waals surface area contributed by atoms with Crippen LogP contribution in [-0.2, 0) is 16.0 Å². The normalized spacial score (nSPS) is 11.0. The third-order valence-electron chi connectivity index (χ3n) is 4.47. The molecule has 1 aromatic heterocycles. The maximum atomic E-state index is 14.1. The molecule has 1 heterocycles. The molecule has 0 fully saturated rings. The number of nitrogens with zero attached hydrogens (tertiary/aromatic N) is 1. The number of rotatable bonds is 10. The van der Waals surface area contributed by atoms with Crippen molar-refractivity contribution < 1.29 is 28.6 Å². The van der Waals surface area contributed by atoms with Gasteiger partial charge in [-0.2, -0.15) is 0 Å². The molecule has 170 valence electrons. The lowest BCUT2D eigenvalue weighted by Crippen LogP contribution is -2.44. The molecule has 8 nitrogen and oxygen atoms in total. The number of carboxylic acids is 1. The molecule has 0 aliphatic carbocycles. The topological polar surface area (TPSA) is 134 Å². The van der Waals surface area contributed by atoms with Crippen LogP contribution < -0.4 is 10.5 Å². The van der Waals surface area contributed by atoms with Gasteiger partial charge in [0.1, 0.15) is 17.3 Å². The maximum absolute atomic E-state index is 14.1. The highest BCUT2D eigenvalue weighted by atomic mass is 32.1. The fourth-order valence-corrected chi connectivity index (χ4v) is 4.07. The highest BCUT2D eigenvalue weighted by Gasteiger charge is 2.33. The smallest absolute Gasteiger partial charge is 0.353 e. The Hall–Kier alpha value is -3.53. The lowest BCUT2D eigenvalue weighted by molar-refractivity contribution is -0.148. The molecule has 0 aliphatic heterocycles. The lowest BCUT2D eigenvalue weighted by Gasteiger charge is -2.30. The number of carbonyl (C=O) groups is 3. The van der Waals surface area contributed by atoms with Gasteiger partial charge in [0, 0.05) is 22.4 Å².